The van der Waals surface area contributed by atoms with Gasteiger partial charge in [-0.15, -0.1) is 0 Å². The van der Waals surface area contributed by atoms with Gasteiger partial charge >= 0.3 is 6.09 Å². The van der Waals surface area contributed by atoms with Crippen molar-refractivity contribution in [2.24, 2.45) is 5.92 Å². The lowest BCUT2D eigenvalue weighted by Gasteiger charge is -2.23. The molecule has 0 bridgehead atoms. The van der Waals surface area contributed by atoms with Crippen LogP contribution < -0.4 is 5.32 Å². The van der Waals surface area contributed by atoms with Crippen molar-refractivity contribution < 1.29 is 13.9 Å². The van der Waals surface area contributed by atoms with Crippen molar-refractivity contribution in [1.82, 2.24) is 5.32 Å². The molecule has 0 aliphatic heterocycles. The smallest absolute Gasteiger partial charge is 0.407 e. The van der Waals surface area contributed by atoms with Crippen LogP contribution in [0.1, 0.15) is 41.0 Å². The minimum atomic E-state index is -0.558. The van der Waals surface area contributed by atoms with E-state index in [1.165, 1.54) is 0 Å². The summed E-state index contributed by atoms with van der Waals surface area (Å²) in [6, 6.07) is -0.445. The van der Waals surface area contributed by atoms with Gasteiger partial charge in [0, 0.05) is 0 Å². The zero-order valence-corrected chi connectivity index (χ0v) is 10.3. The second-order valence-corrected chi connectivity index (χ2v) is 5.13. The number of alkyl carbamates (subject to hydrolysis) is 1. The highest BCUT2D eigenvalue weighted by atomic mass is 19.1. The summed E-state index contributed by atoms with van der Waals surface area (Å²) in [4.78, 5) is 11.3. The molecule has 15 heavy (non-hydrogen) atoms. The highest BCUT2D eigenvalue weighted by Gasteiger charge is 2.19. The lowest BCUT2D eigenvalue weighted by atomic mass is 10.1. The Morgan fingerprint density at radius 3 is 2.27 bits per heavy atom. The van der Waals surface area contributed by atoms with Crippen molar-refractivity contribution in [2.45, 2.75) is 52.7 Å². The van der Waals surface area contributed by atoms with Crippen molar-refractivity contribution in [3.8, 4) is 0 Å². The predicted molar refractivity (Wildman–Crippen MR) is 58.6 cm³/mol. The first-order valence-corrected chi connectivity index (χ1v) is 5.30. The molecule has 0 radical (unpaired) electrons. The Morgan fingerprint density at radius 2 is 1.93 bits per heavy atom. The quantitative estimate of drug-likeness (QED) is 0.789. The Kier molecular flexibility index (Phi) is 5.61. The average molecular weight is 219 g/mol. The lowest BCUT2D eigenvalue weighted by Crippen LogP contribution is -2.40. The van der Waals surface area contributed by atoms with E-state index in [4.69, 9.17) is 4.74 Å². The zero-order chi connectivity index (χ0) is 12.1. The van der Waals surface area contributed by atoms with Crippen LogP contribution in [0.4, 0.5) is 9.18 Å². The molecule has 1 N–H and O–H groups in total. The van der Waals surface area contributed by atoms with Crippen LogP contribution in [0.2, 0.25) is 0 Å². The number of halogens is 1. The minimum Gasteiger partial charge on any atom is -0.444 e. The number of amides is 1. The minimum absolute atomic E-state index is 0.348. The highest BCUT2D eigenvalue weighted by Crippen LogP contribution is 2.09. The summed E-state index contributed by atoms with van der Waals surface area (Å²) in [5.74, 6) is 0.348. The van der Waals surface area contributed by atoms with Gasteiger partial charge in [-0.2, -0.15) is 0 Å². The summed E-state index contributed by atoms with van der Waals surface area (Å²) in [6.45, 7) is 8.74. The predicted octanol–water partition coefficient (Wildman–Crippen LogP) is 2.90. The molecule has 0 heterocycles. The van der Waals surface area contributed by atoms with E-state index in [0.717, 1.165) is 0 Å². The summed E-state index contributed by atoms with van der Waals surface area (Å²) in [5, 5.41) is 2.52. The van der Waals surface area contributed by atoms with Crippen molar-refractivity contribution in [1.29, 1.82) is 0 Å². The van der Waals surface area contributed by atoms with Crippen LogP contribution in [0.5, 0.6) is 0 Å². The van der Waals surface area contributed by atoms with Gasteiger partial charge in [-0.05, 0) is 33.1 Å². The molecule has 1 amide bonds. The fourth-order valence-electron chi connectivity index (χ4n) is 1.20. The fourth-order valence-corrected chi connectivity index (χ4v) is 1.20. The van der Waals surface area contributed by atoms with E-state index in [0.29, 0.717) is 12.3 Å². The largest absolute Gasteiger partial charge is 0.444 e. The van der Waals surface area contributed by atoms with Crippen LogP contribution in [0.15, 0.2) is 0 Å². The Bertz CT molecular complexity index is 199. The first-order valence-electron chi connectivity index (χ1n) is 5.30. The van der Waals surface area contributed by atoms with Crippen LogP contribution in [-0.4, -0.2) is 24.4 Å². The maximum absolute atomic E-state index is 12.5. The highest BCUT2D eigenvalue weighted by molar-refractivity contribution is 5.68. The molecule has 0 aromatic carbocycles. The molecule has 90 valence electrons. The second kappa shape index (κ2) is 5.93. The number of carbonyl (C=O) groups is 1. The number of alkyl halides is 1. The number of carbonyl (C=O) groups excluding carboxylic acids is 1. The molecule has 0 saturated carbocycles. The van der Waals surface area contributed by atoms with E-state index >= 15 is 0 Å². The molecule has 0 fully saturated rings. The van der Waals surface area contributed by atoms with Gasteiger partial charge in [-0.3, -0.25) is 0 Å². The van der Waals surface area contributed by atoms with Crippen molar-refractivity contribution >= 4 is 6.09 Å². The Hall–Kier alpha value is -0.800. The molecule has 0 aromatic heterocycles. The first kappa shape index (κ1) is 14.2. The molecular weight excluding hydrogens is 197 g/mol. The third-order valence-corrected chi connectivity index (χ3v) is 1.66. The first-order chi connectivity index (χ1) is 6.74. The van der Waals surface area contributed by atoms with Gasteiger partial charge < -0.3 is 10.1 Å². The SMILES string of the molecule is CC(C)C[C@@H](CF)NC(=O)OC(C)(C)C. The fraction of sp³-hybridized carbons (Fsp3) is 0.909. The maximum Gasteiger partial charge on any atom is 0.407 e. The number of nitrogens with one attached hydrogen (secondary N) is 1. The monoisotopic (exact) mass is 219 g/mol. The van der Waals surface area contributed by atoms with Crippen LogP contribution in [0.25, 0.3) is 0 Å². The van der Waals surface area contributed by atoms with Crippen LogP contribution in [-0.2, 0) is 4.74 Å². The van der Waals surface area contributed by atoms with Crippen LogP contribution in [0.3, 0.4) is 0 Å². The third kappa shape index (κ3) is 8.21. The summed E-state index contributed by atoms with van der Waals surface area (Å²) < 4.78 is 17.6. The van der Waals surface area contributed by atoms with Gasteiger partial charge in [-0.1, -0.05) is 13.8 Å². The number of hydrogen-bond acceptors (Lipinski definition) is 2. The van der Waals surface area contributed by atoms with E-state index in [1.807, 2.05) is 13.8 Å². The number of hydrogen-bond donors (Lipinski definition) is 1. The molecule has 3 nitrogen and oxygen atoms in total. The normalized spacial score (nSPS) is 13.8. The average Bonchev–Trinajstić information content (AvgIpc) is 1.98. The number of ether oxygens (including phenoxy) is 1. The van der Waals surface area contributed by atoms with Crippen molar-refractivity contribution in [2.75, 3.05) is 6.67 Å². The van der Waals surface area contributed by atoms with Gasteiger partial charge in [0.1, 0.15) is 12.3 Å². The maximum atomic E-state index is 12.5. The molecule has 0 aliphatic rings. The summed E-state index contributed by atoms with van der Waals surface area (Å²) in [7, 11) is 0. The van der Waals surface area contributed by atoms with E-state index in [2.05, 4.69) is 5.32 Å². The van der Waals surface area contributed by atoms with Gasteiger partial charge in [-0.25, -0.2) is 9.18 Å². The Morgan fingerprint density at radius 1 is 1.40 bits per heavy atom. The van der Waals surface area contributed by atoms with Crippen LogP contribution >= 0.6 is 0 Å². The molecule has 0 aromatic rings. The topological polar surface area (TPSA) is 38.3 Å². The van der Waals surface area contributed by atoms with Crippen LogP contribution in [0, 0.1) is 5.92 Å². The van der Waals surface area contributed by atoms with Gasteiger partial charge in [0.25, 0.3) is 0 Å². The summed E-state index contributed by atoms with van der Waals surface area (Å²) in [6.07, 6.45) is 0.0706. The standard InChI is InChI=1S/C11H22FNO2/c1-8(2)6-9(7-12)13-10(14)15-11(3,4)5/h8-9H,6-7H2,1-5H3,(H,13,14)/t9-/m0/s1. The molecule has 0 saturated heterocycles. The summed E-state index contributed by atoms with van der Waals surface area (Å²) >= 11 is 0. The Balaban J connectivity index is 4.02. The molecule has 1 atom stereocenters. The molecular formula is C11H22FNO2. The molecule has 4 heteroatoms. The van der Waals surface area contributed by atoms with E-state index < -0.39 is 24.4 Å². The third-order valence-electron chi connectivity index (χ3n) is 1.66. The van der Waals surface area contributed by atoms with Gasteiger partial charge in [0.15, 0.2) is 0 Å². The zero-order valence-electron chi connectivity index (χ0n) is 10.3. The van der Waals surface area contributed by atoms with Crippen molar-refractivity contribution in [3.63, 3.8) is 0 Å². The lowest BCUT2D eigenvalue weighted by molar-refractivity contribution is 0.0490. The van der Waals surface area contributed by atoms with E-state index in [-0.39, 0.29) is 0 Å². The Labute approximate surface area is 91.4 Å². The summed E-state index contributed by atoms with van der Waals surface area (Å²) in [5.41, 5.74) is -0.539. The van der Waals surface area contributed by atoms with Gasteiger partial charge in [0.05, 0.1) is 6.04 Å². The van der Waals surface area contributed by atoms with Gasteiger partial charge in [0.2, 0.25) is 0 Å². The van der Waals surface area contributed by atoms with E-state index in [9.17, 15) is 9.18 Å². The second-order valence-electron chi connectivity index (χ2n) is 5.13. The molecule has 0 rings (SSSR count). The molecule has 0 spiro atoms. The van der Waals surface area contributed by atoms with Crippen molar-refractivity contribution in [3.05, 3.63) is 0 Å². The number of rotatable bonds is 4. The molecule has 0 unspecified atom stereocenters. The molecule has 0 aliphatic carbocycles. The van der Waals surface area contributed by atoms with E-state index in [1.54, 1.807) is 20.8 Å².